The highest BCUT2D eigenvalue weighted by Gasteiger charge is 2.26. The fourth-order valence-electron chi connectivity index (χ4n) is 9.74. The Bertz CT molecular complexity index is 3820. The van der Waals surface area contributed by atoms with Crippen molar-refractivity contribution in [2.45, 2.75) is 6.17 Å². The summed E-state index contributed by atoms with van der Waals surface area (Å²) >= 11 is 0. The van der Waals surface area contributed by atoms with Crippen LogP contribution < -0.4 is 5.32 Å². The largest absolute Gasteiger partial charge is 0.454 e. The van der Waals surface area contributed by atoms with E-state index < -0.39 is 0 Å². The van der Waals surface area contributed by atoms with Crippen LogP contribution in [0.1, 0.15) is 22.9 Å². The molecule has 13 rings (SSSR count). The van der Waals surface area contributed by atoms with E-state index in [4.69, 9.17) is 14.4 Å². The number of para-hydroxylation sites is 4. The van der Waals surface area contributed by atoms with Crippen molar-refractivity contribution >= 4 is 77.2 Å². The topological polar surface area (TPSA) is 59.8 Å². The normalized spacial score (nSPS) is 14.2. The van der Waals surface area contributed by atoms with Crippen LogP contribution in [-0.2, 0) is 0 Å². The van der Waals surface area contributed by atoms with Gasteiger partial charge in [0.15, 0.2) is 11.4 Å². The van der Waals surface area contributed by atoms with Crippen LogP contribution in [0.25, 0.3) is 88.1 Å². The fraction of sp³-hybridized carbons (Fsp3) is 0.0175. The molecule has 1 N–H and O–H groups in total. The first kappa shape index (κ1) is 35.3. The van der Waals surface area contributed by atoms with Crippen molar-refractivity contribution < 1.29 is 4.42 Å². The van der Waals surface area contributed by atoms with Crippen molar-refractivity contribution in [1.29, 1.82) is 0 Å². The maximum absolute atomic E-state index is 7.01. The Morgan fingerprint density at radius 1 is 0.444 bits per heavy atom. The number of nitrogens with zero attached hydrogens (tertiary/aromatic N) is 4. The van der Waals surface area contributed by atoms with E-state index in [9.17, 15) is 0 Å². The van der Waals surface area contributed by atoms with Gasteiger partial charge in [-0.05, 0) is 71.3 Å². The van der Waals surface area contributed by atoms with Crippen LogP contribution in [0.15, 0.2) is 227 Å². The van der Waals surface area contributed by atoms with Gasteiger partial charge in [-0.3, -0.25) is 0 Å². The van der Waals surface area contributed by atoms with Gasteiger partial charge < -0.3 is 18.9 Å². The molecule has 0 radical (unpaired) electrons. The molecule has 1 aliphatic heterocycles. The van der Waals surface area contributed by atoms with Crippen molar-refractivity contribution in [1.82, 2.24) is 14.5 Å². The molecule has 3 aromatic heterocycles. The zero-order chi connectivity index (χ0) is 41.4. The van der Waals surface area contributed by atoms with E-state index >= 15 is 0 Å². The first-order valence-corrected chi connectivity index (χ1v) is 21.4. The van der Waals surface area contributed by atoms with Gasteiger partial charge >= 0.3 is 0 Å². The zero-order valence-electron chi connectivity index (χ0n) is 34.0. The van der Waals surface area contributed by atoms with Gasteiger partial charge in [-0.15, -0.1) is 0 Å². The molecule has 296 valence electrons. The molecule has 0 bridgehead atoms. The van der Waals surface area contributed by atoms with Gasteiger partial charge in [-0.1, -0.05) is 158 Å². The molecule has 4 heterocycles. The summed E-state index contributed by atoms with van der Waals surface area (Å²) in [5, 5.41) is 10.6. The van der Waals surface area contributed by atoms with E-state index in [1.807, 2.05) is 24.3 Å². The molecule has 0 spiro atoms. The number of aliphatic imine (C=N–C) groups is 2. The van der Waals surface area contributed by atoms with Gasteiger partial charge in [0.05, 0.1) is 27.8 Å². The third-order valence-electron chi connectivity index (χ3n) is 12.6. The number of nitrogens with one attached hydrogen (secondary N) is 1. The number of furan rings is 1. The van der Waals surface area contributed by atoms with Crippen molar-refractivity contribution in [3.05, 3.63) is 229 Å². The van der Waals surface area contributed by atoms with Gasteiger partial charge in [0.1, 0.15) is 17.6 Å². The average molecular weight is 808 g/mol. The second-order valence-corrected chi connectivity index (χ2v) is 16.2. The highest BCUT2D eigenvalue weighted by atomic mass is 16.3. The molecule has 0 saturated carbocycles. The van der Waals surface area contributed by atoms with E-state index in [2.05, 4.69) is 203 Å². The van der Waals surface area contributed by atoms with Gasteiger partial charge in [-0.25, -0.2) is 9.98 Å². The van der Waals surface area contributed by atoms with E-state index in [-0.39, 0.29) is 6.17 Å². The Hall–Kier alpha value is -8.48. The summed E-state index contributed by atoms with van der Waals surface area (Å²) in [4.78, 5) is 10.5. The first-order valence-electron chi connectivity index (χ1n) is 21.4. The summed E-state index contributed by atoms with van der Waals surface area (Å²) in [7, 11) is 0. The van der Waals surface area contributed by atoms with Gasteiger partial charge in [-0.2, -0.15) is 0 Å². The van der Waals surface area contributed by atoms with E-state index in [0.717, 1.165) is 78.0 Å². The third kappa shape index (κ3) is 5.58. The molecule has 63 heavy (non-hydrogen) atoms. The van der Waals surface area contributed by atoms with Crippen LogP contribution in [0.2, 0.25) is 0 Å². The van der Waals surface area contributed by atoms with Gasteiger partial charge in [0.25, 0.3) is 0 Å². The summed E-state index contributed by atoms with van der Waals surface area (Å²) in [6, 6.07) is 74.9. The van der Waals surface area contributed by atoms with Crippen LogP contribution in [0.5, 0.6) is 0 Å². The van der Waals surface area contributed by atoms with E-state index in [1.165, 1.54) is 32.6 Å². The number of hydrogen-bond donors (Lipinski definition) is 1. The number of rotatable bonds is 6. The first-order chi connectivity index (χ1) is 31.2. The summed E-state index contributed by atoms with van der Waals surface area (Å²) in [6.45, 7) is 0. The standard InChI is InChI=1S/C57H37N5O/c1-4-17-36(18-5-1)38-21-14-22-39(33-38)56-58-55(37-19-6-2-7-20-37)59-57(60-56)44-28-16-32-52-53(44)43-27-15-31-49(54(43)63-52)62-48-30-13-11-26-42(48)46-34-50-45(35-51(46)62)41-25-10-12-29-47(41)61(50)40-23-8-3-9-24-40/h1-35,56H,(H,58,59,60). The third-order valence-corrected chi connectivity index (χ3v) is 12.6. The number of amidine groups is 2. The molecular formula is C57H37N5O. The Kier molecular flexibility index (Phi) is 7.87. The van der Waals surface area contributed by atoms with Crippen LogP contribution in [-0.4, -0.2) is 20.8 Å². The van der Waals surface area contributed by atoms with Crippen LogP contribution in [0.3, 0.4) is 0 Å². The van der Waals surface area contributed by atoms with Crippen molar-refractivity contribution in [2.24, 2.45) is 9.98 Å². The molecule has 0 amide bonds. The van der Waals surface area contributed by atoms with Crippen LogP contribution >= 0.6 is 0 Å². The Balaban J connectivity index is 1.01. The number of benzene rings is 9. The summed E-state index contributed by atoms with van der Waals surface area (Å²) < 4.78 is 11.8. The Morgan fingerprint density at radius 3 is 1.78 bits per heavy atom. The molecule has 6 nitrogen and oxygen atoms in total. The van der Waals surface area contributed by atoms with Gasteiger partial charge in [0.2, 0.25) is 0 Å². The Labute approximate surface area is 362 Å². The van der Waals surface area contributed by atoms with Gasteiger partial charge in [0, 0.05) is 49.1 Å². The van der Waals surface area contributed by atoms with Crippen molar-refractivity contribution in [3.8, 4) is 22.5 Å². The van der Waals surface area contributed by atoms with E-state index in [1.54, 1.807) is 0 Å². The molecule has 0 fully saturated rings. The number of hydrogen-bond acceptors (Lipinski definition) is 4. The summed E-state index contributed by atoms with van der Waals surface area (Å²) in [5.41, 5.74) is 13.6. The Morgan fingerprint density at radius 2 is 1.03 bits per heavy atom. The molecule has 0 saturated heterocycles. The van der Waals surface area contributed by atoms with Crippen molar-refractivity contribution in [2.75, 3.05) is 0 Å². The lowest BCUT2D eigenvalue weighted by Gasteiger charge is -2.24. The lowest BCUT2D eigenvalue weighted by atomic mass is 10.0. The summed E-state index contributed by atoms with van der Waals surface area (Å²) in [5.74, 6) is 1.42. The predicted octanol–water partition coefficient (Wildman–Crippen LogP) is 13.9. The minimum atomic E-state index is -0.373. The molecule has 12 aromatic rings. The molecule has 1 aliphatic rings. The van der Waals surface area contributed by atoms with E-state index in [0.29, 0.717) is 5.84 Å². The molecular weight excluding hydrogens is 771 g/mol. The zero-order valence-corrected chi connectivity index (χ0v) is 34.0. The maximum Gasteiger partial charge on any atom is 0.159 e. The predicted molar refractivity (Wildman–Crippen MR) is 260 cm³/mol. The quantitative estimate of drug-likeness (QED) is 0.182. The van der Waals surface area contributed by atoms with Crippen LogP contribution in [0.4, 0.5) is 0 Å². The number of aromatic nitrogens is 2. The molecule has 0 aliphatic carbocycles. The fourth-order valence-corrected chi connectivity index (χ4v) is 9.74. The minimum absolute atomic E-state index is 0.373. The lowest BCUT2D eigenvalue weighted by Crippen LogP contribution is -2.33. The molecule has 1 atom stereocenters. The SMILES string of the molecule is c1ccc(C2=NC(c3cccc(-c4ccccc4)c3)NC(c3cccc4oc5c(-n6c7ccccc7c7cc8c(cc76)c6ccccc6n8-c6ccccc6)cccc5c34)=N2)cc1. The maximum atomic E-state index is 7.01. The monoisotopic (exact) mass is 807 g/mol. The van der Waals surface area contributed by atoms with Crippen LogP contribution in [0, 0.1) is 0 Å². The molecule has 6 heteroatoms. The smallest absolute Gasteiger partial charge is 0.159 e. The average Bonchev–Trinajstić information content (AvgIpc) is 4.01. The second-order valence-electron chi connectivity index (χ2n) is 16.2. The molecule has 9 aromatic carbocycles. The summed E-state index contributed by atoms with van der Waals surface area (Å²) in [6.07, 6.45) is -0.373. The lowest BCUT2D eigenvalue weighted by molar-refractivity contribution is 0.665. The highest BCUT2D eigenvalue weighted by molar-refractivity contribution is 6.23. The number of fused-ring (bicyclic) bond motifs is 9. The van der Waals surface area contributed by atoms with Crippen molar-refractivity contribution in [3.63, 3.8) is 0 Å². The second kappa shape index (κ2) is 14.0. The highest BCUT2D eigenvalue weighted by Crippen LogP contribution is 2.42. The molecule has 1 unspecified atom stereocenters. The minimum Gasteiger partial charge on any atom is -0.454 e.